The van der Waals surface area contributed by atoms with E-state index in [0.717, 1.165) is 5.69 Å². The SMILES string of the molecule is Nc1ccc(S(=O)(=O)NCCc2cscn2)c(Cl)c1. The van der Waals surface area contributed by atoms with E-state index in [4.69, 9.17) is 17.3 Å². The fourth-order valence-corrected chi connectivity index (χ4v) is 3.66. The highest BCUT2D eigenvalue weighted by Crippen LogP contribution is 2.23. The van der Waals surface area contributed by atoms with E-state index in [1.165, 1.54) is 29.5 Å². The summed E-state index contributed by atoms with van der Waals surface area (Å²) >= 11 is 7.36. The van der Waals surface area contributed by atoms with E-state index in [0.29, 0.717) is 12.1 Å². The number of hydrogen-bond donors (Lipinski definition) is 2. The number of rotatable bonds is 5. The lowest BCUT2D eigenvalue weighted by atomic mass is 10.3. The Labute approximate surface area is 120 Å². The van der Waals surface area contributed by atoms with Gasteiger partial charge in [-0.3, -0.25) is 0 Å². The smallest absolute Gasteiger partial charge is 0.242 e. The third-order valence-electron chi connectivity index (χ3n) is 2.40. The Morgan fingerprint density at radius 3 is 2.84 bits per heavy atom. The predicted molar refractivity (Wildman–Crippen MR) is 76.9 cm³/mol. The van der Waals surface area contributed by atoms with Crippen molar-refractivity contribution in [1.29, 1.82) is 0 Å². The van der Waals surface area contributed by atoms with E-state index in [1.54, 1.807) is 5.51 Å². The molecule has 1 heterocycles. The van der Waals surface area contributed by atoms with E-state index < -0.39 is 10.0 Å². The number of nitrogens with one attached hydrogen (secondary N) is 1. The molecule has 0 radical (unpaired) electrons. The highest BCUT2D eigenvalue weighted by atomic mass is 35.5. The number of nitrogens with zero attached hydrogens (tertiary/aromatic N) is 1. The van der Waals surface area contributed by atoms with Crippen LogP contribution in [-0.2, 0) is 16.4 Å². The quantitative estimate of drug-likeness (QED) is 0.825. The average molecular weight is 318 g/mol. The number of sulfonamides is 1. The van der Waals surface area contributed by atoms with Crippen molar-refractivity contribution in [2.75, 3.05) is 12.3 Å². The molecule has 0 aliphatic carbocycles. The van der Waals surface area contributed by atoms with E-state index in [1.807, 2.05) is 5.38 Å². The number of anilines is 1. The second-order valence-corrected chi connectivity index (χ2v) is 6.68. The van der Waals surface area contributed by atoms with Crippen molar-refractivity contribution >= 4 is 38.6 Å². The molecule has 2 aromatic rings. The lowest BCUT2D eigenvalue weighted by Crippen LogP contribution is -2.26. The molecule has 3 N–H and O–H groups in total. The molecule has 0 fully saturated rings. The molecule has 0 bridgehead atoms. The van der Waals surface area contributed by atoms with Gasteiger partial charge in [-0.1, -0.05) is 11.6 Å². The molecule has 2 rings (SSSR count). The van der Waals surface area contributed by atoms with Crippen molar-refractivity contribution in [2.24, 2.45) is 0 Å². The molecule has 5 nitrogen and oxygen atoms in total. The number of hydrogen-bond acceptors (Lipinski definition) is 5. The zero-order chi connectivity index (χ0) is 13.9. The minimum absolute atomic E-state index is 0.0293. The van der Waals surface area contributed by atoms with Crippen LogP contribution in [0.1, 0.15) is 5.69 Å². The van der Waals surface area contributed by atoms with Crippen molar-refractivity contribution in [2.45, 2.75) is 11.3 Å². The van der Waals surface area contributed by atoms with E-state index >= 15 is 0 Å². The van der Waals surface area contributed by atoms with Gasteiger partial charge in [-0.2, -0.15) is 0 Å². The molecule has 0 saturated carbocycles. The van der Waals surface area contributed by atoms with Crippen LogP contribution in [0.3, 0.4) is 0 Å². The summed E-state index contributed by atoms with van der Waals surface area (Å²) in [4.78, 5) is 4.11. The van der Waals surface area contributed by atoms with Crippen LogP contribution in [0.25, 0.3) is 0 Å². The zero-order valence-electron chi connectivity index (χ0n) is 9.84. The summed E-state index contributed by atoms with van der Waals surface area (Å²) in [5.74, 6) is 0. The third-order valence-corrected chi connectivity index (χ3v) is 4.98. The minimum atomic E-state index is -3.62. The molecule has 8 heteroatoms. The first-order chi connectivity index (χ1) is 8.99. The Morgan fingerprint density at radius 1 is 1.42 bits per heavy atom. The topological polar surface area (TPSA) is 85.1 Å². The Hall–Kier alpha value is -1.15. The Kier molecular flexibility index (Phi) is 4.41. The molecule has 102 valence electrons. The lowest BCUT2D eigenvalue weighted by molar-refractivity contribution is 0.581. The normalized spacial score (nSPS) is 11.6. The van der Waals surface area contributed by atoms with Gasteiger partial charge < -0.3 is 5.73 Å². The molecular weight excluding hydrogens is 306 g/mol. The summed E-state index contributed by atoms with van der Waals surface area (Å²) in [7, 11) is -3.62. The van der Waals surface area contributed by atoms with Crippen LogP contribution in [0, 0.1) is 0 Å². The second kappa shape index (κ2) is 5.87. The number of nitrogens with two attached hydrogens (primary N) is 1. The number of aromatic nitrogens is 1. The van der Waals surface area contributed by atoms with Crippen LogP contribution in [0.5, 0.6) is 0 Å². The van der Waals surface area contributed by atoms with Gasteiger partial charge >= 0.3 is 0 Å². The van der Waals surface area contributed by atoms with Crippen molar-refractivity contribution < 1.29 is 8.42 Å². The fourth-order valence-electron chi connectivity index (χ4n) is 1.49. The standard InChI is InChI=1S/C11H12ClN3O2S2/c12-10-5-8(13)1-2-11(10)19(16,17)15-4-3-9-6-18-7-14-9/h1-2,5-7,15H,3-4,13H2. The zero-order valence-corrected chi connectivity index (χ0v) is 12.2. The van der Waals surface area contributed by atoms with Crippen LogP contribution >= 0.6 is 22.9 Å². The van der Waals surface area contributed by atoms with Crippen molar-refractivity contribution in [1.82, 2.24) is 9.71 Å². The maximum atomic E-state index is 12.0. The molecule has 0 amide bonds. The monoisotopic (exact) mass is 317 g/mol. The number of thiazole rings is 1. The summed E-state index contributed by atoms with van der Waals surface area (Å²) in [5, 5.41) is 1.99. The largest absolute Gasteiger partial charge is 0.399 e. The van der Waals surface area contributed by atoms with Gasteiger partial charge in [0.2, 0.25) is 10.0 Å². The lowest BCUT2D eigenvalue weighted by Gasteiger charge is -2.08. The maximum Gasteiger partial charge on any atom is 0.242 e. The first-order valence-electron chi connectivity index (χ1n) is 5.41. The van der Waals surface area contributed by atoms with Crippen LogP contribution in [0.15, 0.2) is 34.0 Å². The van der Waals surface area contributed by atoms with Gasteiger partial charge in [-0.25, -0.2) is 18.1 Å². The van der Waals surface area contributed by atoms with Gasteiger partial charge in [0, 0.05) is 24.0 Å². The van der Waals surface area contributed by atoms with Gasteiger partial charge in [0.15, 0.2) is 0 Å². The number of halogens is 1. The molecule has 1 aromatic carbocycles. The molecule has 0 saturated heterocycles. The summed E-state index contributed by atoms with van der Waals surface area (Å²) < 4.78 is 26.6. The number of benzene rings is 1. The van der Waals surface area contributed by atoms with Gasteiger partial charge in [0.1, 0.15) is 4.90 Å². The highest BCUT2D eigenvalue weighted by molar-refractivity contribution is 7.89. The molecule has 1 aromatic heterocycles. The molecule has 0 aliphatic rings. The van der Waals surface area contributed by atoms with E-state index in [-0.39, 0.29) is 16.5 Å². The van der Waals surface area contributed by atoms with Crippen molar-refractivity contribution in [3.05, 3.63) is 39.8 Å². The van der Waals surface area contributed by atoms with Gasteiger partial charge in [-0.05, 0) is 18.2 Å². The summed E-state index contributed by atoms with van der Waals surface area (Å²) in [5.41, 5.74) is 8.52. The molecule has 0 unspecified atom stereocenters. The highest BCUT2D eigenvalue weighted by Gasteiger charge is 2.17. The molecule has 0 spiro atoms. The molecule has 0 aliphatic heterocycles. The first-order valence-corrected chi connectivity index (χ1v) is 8.21. The third kappa shape index (κ3) is 3.66. The average Bonchev–Trinajstić information content (AvgIpc) is 2.81. The van der Waals surface area contributed by atoms with Crippen LogP contribution in [-0.4, -0.2) is 19.9 Å². The molecular formula is C11H12ClN3O2S2. The number of nitrogen functional groups attached to an aromatic ring is 1. The maximum absolute atomic E-state index is 12.0. The van der Waals surface area contributed by atoms with Gasteiger partial charge in [0.25, 0.3) is 0 Å². The Bertz CT molecular complexity index is 657. The second-order valence-electron chi connectivity index (χ2n) is 3.82. The summed E-state index contributed by atoms with van der Waals surface area (Å²) in [6.45, 7) is 0.271. The van der Waals surface area contributed by atoms with Crippen LogP contribution in [0.2, 0.25) is 5.02 Å². The van der Waals surface area contributed by atoms with E-state index in [9.17, 15) is 8.42 Å². The summed E-state index contributed by atoms with van der Waals surface area (Å²) in [6.07, 6.45) is 0.537. The van der Waals surface area contributed by atoms with Gasteiger partial charge in [0.05, 0.1) is 16.2 Å². The van der Waals surface area contributed by atoms with Crippen molar-refractivity contribution in [3.63, 3.8) is 0 Å². The van der Waals surface area contributed by atoms with E-state index in [2.05, 4.69) is 9.71 Å². The minimum Gasteiger partial charge on any atom is -0.399 e. The predicted octanol–water partition coefficient (Wildman–Crippen LogP) is 1.90. The van der Waals surface area contributed by atoms with Crippen LogP contribution in [0.4, 0.5) is 5.69 Å². The molecule has 19 heavy (non-hydrogen) atoms. The van der Waals surface area contributed by atoms with Crippen LogP contribution < -0.4 is 10.5 Å². The molecule has 0 atom stereocenters. The van der Waals surface area contributed by atoms with Crippen molar-refractivity contribution in [3.8, 4) is 0 Å². The van der Waals surface area contributed by atoms with Gasteiger partial charge in [-0.15, -0.1) is 11.3 Å². The summed E-state index contributed by atoms with van der Waals surface area (Å²) in [6, 6.07) is 4.31. The Morgan fingerprint density at radius 2 is 2.21 bits per heavy atom. The fraction of sp³-hybridized carbons (Fsp3) is 0.182. The Balaban J connectivity index is 2.05. The first kappa shape index (κ1) is 14.3.